The Labute approximate surface area is 220 Å². The Balaban J connectivity index is 1.32. The summed E-state index contributed by atoms with van der Waals surface area (Å²) in [5.41, 5.74) is 4.12. The molecule has 0 bridgehead atoms. The second-order valence-electron chi connectivity index (χ2n) is 8.96. The molecule has 4 aromatic carbocycles. The van der Waals surface area contributed by atoms with Crippen molar-refractivity contribution in [2.45, 2.75) is 18.9 Å². The van der Waals surface area contributed by atoms with Crippen LogP contribution < -0.4 is 10.1 Å². The molecular formula is C32H27NO5. The average molecular weight is 506 g/mol. The minimum absolute atomic E-state index is 0.0796. The van der Waals surface area contributed by atoms with Gasteiger partial charge in [0, 0.05) is 22.9 Å². The number of hydrogen-bond donors (Lipinski definition) is 2. The van der Waals surface area contributed by atoms with Crippen molar-refractivity contribution in [3.05, 3.63) is 126 Å². The summed E-state index contributed by atoms with van der Waals surface area (Å²) in [6.07, 6.45) is 0.532. The number of carbonyl (C=O) groups is 2. The van der Waals surface area contributed by atoms with E-state index in [1.807, 2.05) is 103 Å². The molecule has 0 saturated carbocycles. The summed E-state index contributed by atoms with van der Waals surface area (Å²) >= 11 is 0. The van der Waals surface area contributed by atoms with Crippen LogP contribution in [0.25, 0.3) is 22.3 Å². The van der Waals surface area contributed by atoms with Crippen LogP contribution in [0.15, 0.2) is 114 Å². The van der Waals surface area contributed by atoms with Gasteiger partial charge >= 0.3 is 5.97 Å². The van der Waals surface area contributed by atoms with E-state index in [-0.39, 0.29) is 18.4 Å². The van der Waals surface area contributed by atoms with Crippen molar-refractivity contribution in [3.63, 3.8) is 0 Å². The lowest BCUT2D eigenvalue weighted by atomic mass is 9.98. The summed E-state index contributed by atoms with van der Waals surface area (Å²) in [6.45, 7) is 0.344. The first-order chi connectivity index (χ1) is 18.6. The Morgan fingerprint density at radius 1 is 0.816 bits per heavy atom. The van der Waals surface area contributed by atoms with Gasteiger partial charge in [0.15, 0.2) is 0 Å². The van der Waals surface area contributed by atoms with Crippen molar-refractivity contribution in [3.8, 4) is 17.1 Å². The van der Waals surface area contributed by atoms with Crippen LogP contribution in [-0.4, -0.2) is 23.6 Å². The topological polar surface area (TPSA) is 88.8 Å². The van der Waals surface area contributed by atoms with E-state index in [1.165, 1.54) is 0 Å². The molecule has 190 valence electrons. The van der Waals surface area contributed by atoms with E-state index in [0.29, 0.717) is 35.7 Å². The molecule has 0 unspecified atom stereocenters. The van der Waals surface area contributed by atoms with Gasteiger partial charge in [-0.25, -0.2) is 0 Å². The van der Waals surface area contributed by atoms with Gasteiger partial charge in [-0.3, -0.25) is 9.59 Å². The summed E-state index contributed by atoms with van der Waals surface area (Å²) in [5, 5.41) is 12.7. The average Bonchev–Trinajstić information content (AvgIpc) is 3.39. The third-order valence-electron chi connectivity index (χ3n) is 6.26. The highest BCUT2D eigenvalue weighted by molar-refractivity contribution is 5.98. The second kappa shape index (κ2) is 11.5. The number of carboxylic acid groups (broad SMARTS) is 1. The Hall–Kier alpha value is -4.84. The third-order valence-corrected chi connectivity index (χ3v) is 6.26. The van der Waals surface area contributed by atoms with Gasteiger partial charge in [-0.2, -0.15) is 0 Å². The van der Waals surface area contributed by atoms with Gasteiger partial charge in [-0.05, 0) is 66.1 Å². The van der Waals surface area contributed by atoms with Crippen LogP contribution in [0.2, 0.25) is 0 Å². The Morgan fingerprint density at radius 2 is 1.47 bits per heavy atom. The lowest BCUT2D eigenvalue weighted by Crippen LogP contribution is -2.29. The maximum atomic E-state index is 13.3. The van der Waals surface area contributed by atoms with Gasteiger partial charge < -0.3 is 19.6 Å². The fourth-order valence-corrected chi connectivity index (χ4v) is 4.32. The van der Waals surface area contributed by atoms with Gasteiger partial charge in [0.1, 0.15) is 17.1 Å². The first kappa shape index (κ1) is 24.8. The zero-order valence-corrected chi connectivity index (χ0v) is 20.7. The van der Waals surface area contributed by atoms with Crippen LogP contribution >= 0.6 is 0 Å². The maximum absolute atomic E-state index is 13.3. The van der Waals surface area contributed by atoms with Gasteiger partial charge in [0.2, 0.25) is 0 Å². The number of nitrogens with one attached hydrogen (secondary N) is 1. The summed E-state index contributed by atoms with van der Waals surface area (Å²) in [4.78, 5) is 23.9. The molecule has 1 heterocycles. The first-order valence-corrected chi connectivity index (χ1v) is 12.5. The number of furan rings is 1. The Morgan fingerprint density at radius 3 is 2.11 bits per heavy atom. The number of hydrogen-bond acceptors (Lipinski definition) is 4. The quantitative estimate of drug-likeness (QED) is 0.202. The number of aliphatic carboxylic acids is 1. The fourth-order valence-electron chi connectivity index (χ4n) is 4.32. The normalized spacial score (nSPS) is 11.0. The number of amides is 1. The first-order valence-electron chi connectivity index (χ1n) is 12.5. The molecule has 0 fully saturated rings. The molecular weight excluding hydrogens is 478 g/mol. The standard InChI is InChI=1S/C32H27NO5/c34-30(35)12-7-19-37-27-16-13-22(14-17-27)29-21-26-20-25(15-18-28(26)38-29)32(36)33-31(23-8-3-1-4-9-23)24-10-5-2-6-11-24/h1-6,8-11,13-18,20-21,31H,7,12,19H2,(H,33,36)(H,34,35). The van der Waals surface area contributed by atoms with Crippen molar-refractivity contribution in [2.75, 3.05) is 6.61 Å². The van der Waals surface area contributed by atoms with Crippen molar-refractivity contribution in [1.82, 2.24) is 5.32 Å². The van der Waals surface area contributed by atoms with E-state index in [1.54, 1.807) is 6.07 Å². The van der Waals surface area contributed by atoms with Crippen molar-refractivity contribution in [2.24, 2.45) is 0 Å². The van der Waals surface area contributed by atoms with Crippen LogP contribution in [0.4, 0.5) is 0 Å². The van der Waals surface area contributed by atoms with Crippen molar-refractivity contribution < 1.29 is 23.8 Å². The molecule has 6 heteroatoms. The van der Waals surface area contributed by atoms with Crippen molar-refractivity contribution in [1.29, 1.82) is 0 Å². The molecule has 2 N–H and O–H groups in total. The summed E-state index contributed by atoms with van der Waals surface area (Å²) < 4.78 is 11.6. The predicted octanol–water partition coefficient (Wildman–Crippen LogP) is 6.86. The monoisotopic (exact) mass is 505 g/mol. The van der Waals surface area contributed by atoms with Crippen LogP contribution in [-0.2, 0) is 4.79 Å². The van der Waals surface area contributed by atoms with E-state index in [2.05, 4.69) is 5.32 Å². The highest BCUT2D eigenvalue weighted by atomic mass is 16.5. The lowest BCUT2D eigenvalue weighted by Gasteiger charge is -2.20. The van der Waals surface area contributed by atoms with Gasteiger partial charge in [-0.1, -0.05) is 60.7 Å². The SMILES string of the molecule is O=C(O)CCCOc1ccc(-c2cc3cc(C(=O)NC(c4ccccc4)c4ccccc4)ccc3o2)cc1. The van der Waals surface area contributed by atoms with E-state index in [4.69, 9.17) is 14.3 Å². The molecule has 0 spiro atoms. The summed E-state index contributed by atoms with van der Waals surface area (Å²) in [5.74, 6) is 0.348. The van der Waals surface area contributed by atoms with Crippen LogP contribution in [0.1, 0.15) is 40.4 Å². The van der Waals surface area contributed by atoms with E-state index >= 15 is 0 Å². The molecule has 0 aliphatic heterocycles. The largest absolute Gasteiger partial charge is 0.494 e. The third kappa shape index (κ3) is 5.93. The van der Waals surface area contributed by atoms with E-state index in [0.717, 1.165) is 22.1 Å². The molecule has 38 heavy (non-hydrogen) atoms. The predicted molar refractivity (Wildman–Crippen MR) is 146 cm³/mol. The fraction of sp³-hybridized carbons (Fsp3) is 0.125. The maximum Gasteiger partial charge on any atom is 0.303 e. The molecule has 0 radical (unpaired) electrons. The van der Waals surface area contributed by atoms with Crippen LogP contribution in [0.5, 0.6) is 5.75 Å². The number of ether oxygens (including phenoxy) is 1. The van der Waals surface area contributed by atoms with Crippen LogP contribution in [0, 0.1) is 0 Å². The zero-order chi connectivity index (χ0) is 26.3. The van der Waals surface area contributed by atoms with Gasteiger partial charge in [-0.15, -0.1) is 0 Å². The number of fused-ring (bicyclic) bond motifs is 1. The summed E-state index contributed by atoms with van der Waals surface area (Å²) in [7, 11) is 0. The molecule has 1 amide bonds. The summed E-state index contributed by atoms with van der Waals surface area (Å²) in [6, 6.07) is 34.3. The molecule has 6 nitrogen and oxygen atoms in total. The highest BCUT2D eigenvalue weighted by Gasteiger charge is 2.18. The molecule has 0 aliphatic carbocycles. The molecule has 5 rings (SSSR count). The Bertz CT molecular complexity index is 1490. The molecule has 0 atom stereocenters. The van der Waals surface area contributed by atoms with Gasteiger partial charge in [0.05, 0.1) is 12.6 Å². The smallest absolute Gasteiger partial charge is 0.303 e. The van der Waals surface area contributed by atoms with Crippen LogP contribution in [0.3, 0.4) is 0 Å². The minimum Gasteiger partial charge on any atom is -0.494 e. The number of rotatable bonds is 10. The highest BCUT2D eigenvalue weighted by Crippen LogP contribution is 2.30. The lowest BCUT2D eigenvalue weighted by molar-refractivity contribution is -0.137. The molecule has 0 saturated heterocycles. The van der Waals surface area contributed by atoms with Crippen molar-refractivity contribution >= 4 is 22.8 Å². The molecule has 0 aliphatic rings. The van der Waals surface area contributed by atoms with Gasteiger partial charge in [0.25, 0.3) is 5.91 Å². The second-order valence-corrected chi connectivity index (χ2v) is 8.96. The number of benzene rings is 4. The number of carbonyl (C=O) groups excluding carboxylic acids is 1. The van der Waals surface area contributed by atoms with E-state index in [9.17, 15) is 9.59 Å². The molecule has 5 aromatic rings. The minimum atomic E-state index is -0.832. The zero-order valence-electron chi connectivity index (χ0n) is 20.7. The molecule has 1 aromatic heterocycles. The number of carboxylic acids is 1. The Kier molecular flexibility index (Phi) is 7.50. The van der Waals surface area contributed by atoms with E-state index < -0.39 is 5.97 Å².